The van der Waals surface area contributed by atoms with Crippen LogP contribution in [0.1, 0.15) is 21.5 Å². The molecule has 0 aliphatic heterocycles. The topological polar surface area (TPSA) is 83.8 Å². The van der Waals surface area contributed by atoms with Crippen LogP contribution in [0.5, 0.6) is 11.5 Å². The third-order valence-corrected chi connectivity index (χ3v) is 3.22. The largest absolute Gasteiger partial charge is 0.504 e. The molecule has 0 amide bonds. The Bertz CT molecular complexity index is 745. The number of hydrogen-bond acceptors (Lipinski definition) is 4. The van der Waals surface area contributed by atoms with E-state index in [1.807, 2.05) is 0 Å². The lowest BCUT2D eigenvalue weighted by atomic mass is 10.1. The molecule has 0 aromatic heterocycles. The SMILES string of the molecule is COc1cc(C=CC(=O)c2ccc(CC(=O)O)cc2)ccc1O. The van der Waals surface area contributed by atoms with Crippen LogP contribution < -0.4 is 4.74 Å². The second-order valence-corrected chi connectivity index (χ2v) is 4.90. The lowest BCUT2D eigenvalue weighted by molar-refractivity contribution is -0.136. The number of phenols is 1. The van der Waals surface area contributed by atoms with Gasteiger partial charge in [-0.3, -0.25) is 9.59 Å². The summed E-state index contributed by atoms with van der Waals surface area (Å²) in [4.78, 5) is 22.7. The minimum absolute atomic E-state index is 0.0324. The number of hydrogen-bond donors (Lipinski definition) is 2. The summed E-state index contributed by atoms with van der Waals surface area (Å²) in [6.07, 6.45) is 2.96. The number of allylic oxidation sites excluding steroid dienone is 1. The molecule has 0 radical (unpaired) electrons. The highest BCUT2D eigenvalue weighted by Crippen LogP contribution is 2.26. The first-order valence-corrected chi connectivity index (χ1v) is 6.90. The first kappa shape index (κ1) is 16.3. The van der Waals surface area contributed by atoms with Crippen molar-refractivity contribution < 1.29 is 24.5 Å². The molecule has 2 aromatic rings. The van der Waals surface area contributed by atoms with Crippen molar-refractivity contribution in [2.45, 2.75) is 6.42 Å². The molecule has 0 saturated carbocycles. The van der Waals surface area contributed by atoms with Crippen LogP contribution in [0.4, 0.5) is 0 Å². The van der Waals surface area contributed by atoms with Crippen molar-refractivity contribution in [1.82, 2.24) is 0 Å². The van der Waals surface area contributed by atoms with Gasteiger partial charge in [-0.2, -0.15) is 0 Å². The van der Waals surface area contributed by atoms with Crippen molar-refractivity contribution in [3.63, 3.8) is 0 Å². The number of phenolic OH excluding ortho intramolecular Hbond substituents is 1. The number of carbonyl (C=O) groups is 2. The van der Waals surface area contributed by atoms with Gasteiger partial charge in [-0.1, -0.05) is 36.4 Å². The van der Waals surface area contributed by atoms with Gasteiger partial charge in [0.15, 0.2) is 17.3 Å². The van der Waals surface area contributed by atoms with Crippen molar-refractivity contribution >= 4 is 17.8 Å². The predicted octanol–water partition coefficient (Wildman–Crippen LogP) is 2.92. The maximum absolute atomic E-state index is 12.1. The Morgan fingerprint density at radius 2 is 1.83 bits per heavy atom. The Morgan fingerprint density at radius 3 is 2.43 bits per heavy atom. The summed E-state index contributed by atoms with van der Waals surface area (Å²) in [5.41, 5.74) is 1.83. The van der Waals surface area contributed by atoms with E-state index in [0.29, 0.717) is 16.9 Å². The number of aromatic hydroxyl groups is 1. The van der Waals surface area contributed by atoms with Crippen LogP contribution in [-0.4, -0.2) is 29.1 Å². The van der Waals surface area contributed by atoms with Crippen LogP contribution >= 0.6 is 0 Å². The molecule has 5 heteroatoms. The molecule has 0 fully saturated rings. The van der Waals surface area contributed by atoms with E-state index in [2.05, 4.69) is 0 Å². The van der Waals surface area contributed by atoms with Gasteiger partial charge in [0, 0.05) is 5.56 Å². The number of benzene rings is 2. The van der Waals surface area contributed by atoms with Gasteiger partial charge in [-0.25, -0.2) is 0 Å². The molecule has 23 heavy (non-hydrogen) atoms. The first-order valence-electron chi connectivity index (χ1n) is 6.90. The van der Waals surface area contributed by atoms with Crippen molar-refractivity contribution in [2.24, 2.45) is 0 Å². The third kappa shape index (κ3) is 4.44. The molecular weight excluding hydrogens is 296 g/mol. The molecule has 118 valence electrons. The highest BCUT2D eigenvalue weighted by molar-refractivity contribution is 6.06. The summed E-state index contributed by atoms with van der Waals surface area (Å²) in [6, 6.07) is 11.2. The van der Waals surface area contributed by atoms with Gasteiger partial charge < -0.3 is 14.9 Å². The first-order chi connectivity index (χ1) is 11.0. The smallest absolute Gasteiger partial charge is 0.307 e. The number of carboxylic acids is 1. The highest BCUT2D eigenvalue weighted by atomic mass is 16.5. The van der Waals surface area contributed by atoms with Crippen LogP contribution in [0.15, 0.2) is 48.5 Å². The van der Waals surface area contributed by atoms with Gasteiger partial charge in [0.1, 0.15) is 0 Å². The zero-order valence-corrected chi connectivity index (χ0v) is 12.5. The molecule has 0 atom stereocenters. The molecule has 0 heterocycles. The lowest BCUT2D eigenvalue weighted by Crippen LogP contribution is -2.01. The minimum Gasteiger partial charge on any atom is -0.504 e. The number of methoxy groups -OCH3 is 1. The Hall–Kier alpha value is -3.08. The van der Waals surface area contributed by atoms with E-state index in [1.165, 1.54) is 19.3 Å². The van der Waals surface area contributed by atoms with Crippen molar-refractivity contribution in [3.8, 4) is 11.5 Å². The Kier molecular flexibility index (Phi) is 5.15. The summed E-state index contributed by atoms with van der Waals surface area (Å²) in [5.74, 6) is -0.744. The summed E-state index contributed by atoms with van der Waals surface area (Å²) in [5, 5.41) is 18.2. The second-order valence-electron chi connectivity index (χ2n) is 4.90. The predicted molar refractivity (Wildman–Crippen MR) is 85.8 cm³/mol. The monoisotopic (exact) mass is 312 g/mol. The van der Waals surface area contributed by atoms with Gasteiger partial charge in [0.2, 0.25) is 0 Å². The van der Waals surface area contributed by atoms with Crippen LogP contribution in [0, 0.1) is 0 Å². The fourth-order valence-corrected chi connectivity index (χ4v) is 2.03. The van der Waals surface area contributed by atoms with Crippen molar-refractivity contribution in [2.75, 3.05) is 7.11 Å². The lowest BCUT2D eigenvalue weighted by Gasteiger charge is -2.03. The quantitative estimate of drug-likeness (QED) is 0.633. The number of carbonyl (C=O) groups excluding carboxylic acids is 1. The number of carboxylic acid groups (broad SMARTS) is 1. The van der Waals surface area contributed by atoms with Gasteiger partial charge in [0.05, 0.1) is 13.5 Å². The molecule has 2 rings (SSSR count). The molecular formula is C18H16O5. The van der Waals surface area contributed by atoms with E-state index < -0.39 is 5.97 Å². The van der Waals surface area contributed by atoms with E-state index in [-0.39, 0.29) is 18.0 Å². The van der Waals surface area contributed by atoms with E-state index in [9.17, 15) is 14.7 Å². The molecule has 5 nitrogen and oxygen atoms in total. The van der Waals surface area contributed by atoms with Gasteiger partial charge >= 0.3 is 5.97 Å². The number of rotatable bonds is 6. The highest BCUT2D eigenvalue weighted by Gasteiger charge is 2.05. The third-order valence-electron chi connectivity index (χ3n) is 3.22. The molecule has 0 aliphatic rings. The number of ether oxygens (including phenoxy) is 1. The molecule has 0 saturated heterocycles. The zero-order chi connectivity index (χ0) is 16.8. The summed E-state index contributed by atoms with van der Waals surface area (Å²) in [7, 11) is 1.45. The molecule has 0 spiro atoms. The van der Waals surface area contributed by atoms with Crippen molar-refractivity contribution in [1.29, 1.82) is 0 Å². The number of ketones is 1. The maximum Gasteiger partial charge on any atom is 0.307 e. The molecule has 0 aliphatic carbocycles. The summed E-state index contributed by atoms with van der Waals surface area (Å²) < 4.78 is 5.01. The summed E-state index contributed by atoms with van der Waals surface area (Å²) >= 11 is 0. The van der Waals surface area contributed by atoms with E-state index in [1.54, 1.807) is 42.5 Å². The average Bonchev–Trinajstić information content (AvgIpc) is 2.54. The van der Waals surface area contributed by atoms with Crippen LogP contribution in [0.3, 0.4) is 0 Å². The average molecular weight is 312 g/mol. The van der Waals surface area contributed by atoms with Gasteiger partial charge in [-0.05, 0) is 29.3 Å². The maximum atomic E-state index is 12.1. The summed E-state index contributed by atoms with van der Waals surface area (Å²) in [6.45, 7) is 0. The zero-order valence-electron chi connectivity index (χ0n) is 12.5. The van der Waals surface area contributed by atoms with Crippen LogP contribution in [0.2, 0.25) is 0 Å². The molecule has 2 N–H and O–H groups in total. The van der Waals surface area contributed by atoms with E-state index >= 15 is 0 Å². The molecule has 0 unspecified atom stereocenters. The Labute approximate surface area is 133 Å². The minimum atomic E-state index is -0.912. The fourth-order valence-electron chi connectivity index (χ4n) is 2.03. The fraction of sp³-hybridized carbons (Fsp3) is 0.111. The number of aliphatic carboxylic acids is 1. The standard InChI is InChI=1S/C18H16O5/c1-23-17-10-12(5-9-16(17)20)4-8-15(19)14-6-2-13(3-7-14)11-18(21)22/h2-10,20H,11H2,1H3,(H,21,22). The molecule has 0 bridgehead atoms. The van der Waals surface area contributed by atoms with Gasteiger partial charge in [-0.15, -0.1) is 0 Å². The Morgan fingerprint density at radius 1 is 1.13 bits per heavy atom. The van der Waals surface area contributed by atoms with Crippen molar-refractivity contribution in [3.05, 3.63) is 65.2 Å². The van der Waals surface area contributed by atoms with Crippen LogP contribution in [0.25, 0.3) is 6.08 Å². The molecule has 2 aromatic carbocycles. The van der Waals surface area contributed by atoms with Crippen LogP contribution in [-0.2, 0) is 11.2 Å². The second kappa shape index (κ2) is 7.26. The van der Waals surface area contributed by atoms with Gasteiger partial charge in [0.25, 0.3) is 0 Å². The Balaban J connectivity index is 2.10. The van der Waals surface area contributed by atoms with E-state index in [4.69, 9.17) is 9.84 Å². The normalized spacial score (nSPS) is 10.7. The van der Waals surface area contributed by atoms with E-state index in [0.717, 1.165) is 5.56 Å².